The van der Waals surface area contributed by atoms with Crippen molar-refractivity contribution in [1.29, 1.82) is 0 Å². The van der Waals surface area contributed by atoms with Crippen LogP contribution in [0.4, 0.5) is 8.78 Å². The first-order chi connectivity index (χ1) is 5.11. The molecule has 0 aromatic heterocycles. The van der Waals surface area contributed by atoms with Crippen molar-refractivity contribution in [2.24, 2.45) is 5.92 Å². The van der Waals surface area contributed by atoms with Gasteiger partial charge in [-0.1, -0.05) is 0 Å². The van der Waals surface area contributed by atoms with Crippen LogP contribution >= 0.6 is 0 Å². The second kappa shape index (κ2) is 3.03. The second-order valence-corrected chi connectivity index (χ2v) is 3.00. The van der Waals surface area contributed by atoms with Crippen molar-refractivity contribution in [1.82, 2.24) is 0 Å². The van der Waals surface area contributed by atoms with Gasteiger partial charge in [0.2, 0.25) is 0 Å². The van der Waals surface area contributed by atoms with Gasteiger partial charge in [0.05, 0.1) is 6.61 Å². The summed E-state index contributed by atoms with van der Waals surface area (Å²) in [6.45, 7) is -0.269. The van der Waals surface area contributed by atoms with Crippen molar-refractivity contribution in [2.45, 2.75) is 24.9 Å². The number of aliphatic hydroxyl groups is 1. The highest BCUT2D eigenvalue weighted by molar-refractivity contribution is 4.96. The molecule has 0 radical (unpaired) electrons. The molecular weight excluding hydrogens is 154 g/mol. The van der Waals surface area contributed by atoms with E-state index in [-0.39, 0.29) is 12.5 Å². The normalized spacial score (nSPS) is 23.7. The Bertz CT molecular complexity index is 132. The van der Waals surface area contributed by atoms with Crippen LogP contribution in [0, 0.1) is 5.92 Å². The van der Waals surface area contributed by atoms with Gasteiger partial charge in [-0.05, 0) is 18.8 Å². The van der Waals surface area contributed by atoms with Gasteiger partial charge >= 0.3 is 0 Å². The zero-order chi connectivity index (χ0) is 8.48. The summed E-state index contributed by atoms with van der Waals surface area (Å²) in [7, 11) is 1.32. The third kappa shape index (κ3) is 1.68. The minimum Gasteiger partial charge on any atom is -0.381 e. The molecule has 0 aliphatic heterocycles. The smallest absolute Gasteiger partial charge is 0.269 e. The fourth-order valence-electron chi connectivity index (χ4n) is 1.17. The molecule has 66 valence electrons. The molecule has 0 aromatic rings. The number of hydrogen-bond donors (Lipinski definition) is 1. The lowest BCUT2D eigenvalue weighted by Crippen LogP contribution is -2.44. The summed E-state index contributed by atoms with van der Waals surface area (Å²) in [5.74, 6) is -0.262. The maximum absolute atomic E-state index is 12.2. The van der Waals surface area contributed by atoms with Gasteiger partial charge in [-0.25, -0.2) is 8.78 Å². The first-order valence-electron chi connectivity index (χ1n) is 3.60. The average Bonchev–Trinajstić information content (AvgIpc) is 2.68. The number of methoxy groups -OCH3 is 1. The maximum Gasteiger partial charge on any atom is 0.269 e. The topological polar surface area (TPSA) is 29.5 Å². The predicted molar refractivity (Wildman–Crippen MR) is 35.6 cm³/mol. The summed E-state index contributed by atoms with van der Waals surface area (Å²) in [4.78, 5) is 0. The molecule has 0 aromatic carbocycles. The van der Waals surface area contributed by atoms with E-state index in [9.17, 15) is 13.9 Å². The lowest BCUT2D eigenvalue weighted by atomic mass is 10.00. The van der Waals surface area contributed by atoms with E-state index in [1.807, 2.05) is 0 Å². The van der Waals surface area contributed by atoms with Gasteiger partial charge in [-0.3, -0.25) is 0 Å². The van der Waals surface area contributed by atoms with Crippen molar-refractivity contribution in [3.8, 4) is 0 Å². The third-order valence-electron chi connectivity index (χ3n) is 2.04. The van der Waals surface area contributed by atoms with Gasteiger partial charge in [0.25, 0.3) is 6.43 Å². The fraction of sp³-hybridized carbons (Fsp3) is 1.00. The lowest BCUT2D eigenvalue weighted by Gasteiger charge is -2.25. The summed E-state index contributed by atoms with van der Waals surface area (Å²) >= 11 is 0. The molecule has 1 saturated carbocycles. The van der Waals surface area contributed by atoms with Crippen LogP contribution in [-0.2, 0) is 4.74 Å². The molecule has 1 rings (SSSR count). The highest BCUT2D eigenvalue weighted by atomic mass is 19.3. The largest absolute Gasteiger partial charge is 0.381 e. The van der Waals surface area contributed by atoms with Crippen LogP contribution in [0.25, 0.3) is 0 Å². The number of hydrogen-bond acceptors (Lipinski definition) is 2. The minimum absolute atomic E-state index is 0.262. The Hall–Kier alpha value is -0.220. The van der Waals surface area contributed by atoms with Crippen molar-refractivity contribution in [3.63, 3.8) is 0 Å². The zero-order valence-corrected chi connectivity index (χ0v) is 6.39. The molecule has 1 atom stereocenters. The molecule has 1 aliphatic rings. The van der Waals surface area contributed by atoms with Crippen molar-refractivity contribution < 1.29 is 18.6 Å². The standard InChI is InChI=1S/C7H12F2O2/c1-11-4-7(10,6(8)9)5-2-3-5/h5-6,10H,2-4H2,1H3/t7-/m0/s1. The SMILES string of the molecule is COC[C@@](O)(C(F)F)C1CC1. The predicted octanol–water partition coefficient (Wildman–Crippen LogP) is 1.04. The van der Waals surface area contributed by atoms with Gasteiger partial charge in [0.1, 0.15) is 0 Å². The Morgan fingerprint density at radius 2 is 2.18 bits per heavy atom. The number of rotatable bonds is 4. The summed E-state index contributed by atoms with van der Waals surface area (Å²) in [6, 6.07) is 0. The Kier molecular flexibility index (Phi) is 2.44. The van der Waals surface area contributed by atoms with Crippen LogP contribution in [0.1, 0.15) is 12.8 Å². The molecule has 4 heteroatoms. The molecule has 0 unspecified atom stereocenters. The molecule has 11 heavy (non-hydrogen) atoms. The monoisotopic (exact) mass is 166 g/mol. The van der Waals surface area contributed by atoms with Crippen LogP contribution in [0.3, 0.4) is 0 Å². The van der Waals surface area contributed by atoms with Gasteiger partial charge in [0, 0.05) is 7.11 Å². The number of ether oxygens (including phenoxy) is 1. The van der Waals surface area contributed by atoms with Crippen LogP contribution < -0.4 is 0 Å². The molecule has 0 bridgehead atoms. The van der Waals surface area contributed by atoms with Gasteiger partial charge < -0.3 is 9.84 Å². The van der Waals surface area contributed by atoms with E-state index >= 15 is 0 Å². The minimum atomic E-state index is -2.70. The van der Waals surface area contributed by atoms with Crippen LogP contribution in [-0.4, -0.2) is 30.8 Å². The molecule has 0 saturated heterocycles. The quantitative estimate of drug-likeness (QED) is 0.676. The molecule has 0 heterocycles. The Morgan fingerprint density at radius 3 is 2.45 bits per heavy atom. The van der Waals surface area contributed by atoms with Crippen molar-refractivity contribution in [3.05, 3.63) is 0 Å². The van der Waals surface area contributed by atoms with Crippen LogP contribution in [0.2, 0.25) is 0 Å². The van der Waals surface area contributed by atoms with E-state index in [2.05, 4.69) is 4.74 Å². The first kappa shape index (κ1) is 8.87. The van der Waals surface area contributed by atoms with E-state index in [0.717, 1.165) is 0 Å². The molecule has 2 nitrogen and oxygen atoms in total. The molecule has 1 aliphatic carbocycles. The van der Waals surface area contributed by atoms with Gasteiger partial charge in [0.15, 0.2) is 5.60 Å². The lowest BCUT2D eigenvalue weighted by molar-refractivity contribution is -0.143. The number of halogens is 2. The van der Waals surface area contributed by atoms with Gasteiger partial charge in [-0.15, -0.1) is 0 Å². The van der Waals surface area contributed by atoms with Gasteiger partial charge in [-0.2, -0.15) is 0 Å². The molecule has 0 amide bonds. The fourth-order valence-corrected chi connectivity index (χ4v) is 1.17. The maximum atomic E-state index is 12.2. The van der Waals surface area contributed by atoms with Crippen LogP contribution in [0.15, 0.2) is 0 Å². The first-order valence-corrected chi connectivity index (χ1v) is 3.60. The summed E-state index contributed by atoms with van der Waals surface area (Å²) in [5, 5.41) is 9.35. The second-order valence-electron chi connectivity index (χ2n) is 3.00. The van der Waals surface area contributed by atoms with E-state index in [0.29, 0.717) is 12.8 Å². The summed E-state index contributed by atoms with van der Waals surface area (Å²) in [5.41, 5.74) is -1.89. The highest BCUT2D eigenvalue weighted by Crippen LogP contribution is 2.42. The van der Waals surface area contributed by atoms with E-state index in [1.54, 1.807) is 0 Å². The molecular formula is C7H12F2O2. The highest BCUT2D eigenvalue weighted by Gasteiger charge is 2.50. The Balaban J connectivity index is 2.53. The number of alkyl halides is 2. The average molecular weight is 166 g/mol. The summed E-state index contributed by atoms with van der Waals surface area (Å²) in [6.07, 6.45) is -1.33. The van der Waals surface area contributed by atoms with E-state index in [1.165, 1.54) is 7.11 Å². The Labute approximate surface area is 64.2 Å². The third-order valence-corrected chi connectivity index (χ3v) is 2.04. The van der Waals surface area contributed by atoms with E-state index < -0.39 is 12.0 Å². The van der Waals surface area contributed by atoms with E-state index in [4.69, 9.17) is 0 Å². The molecule has 1 fully saturated rings. The van der Waals surface area contributed by atoms with Crippen LogP contribution in [0.5, 0.6) is 0 Å². The van der Waals surface area contributed by atoms with Crippen molar-refractivity contribution in [2.75, 3.05) is 13.7 Å². The zero-order valence-electron chi connectivity index (χ0n) is 6.39. The molecule has 1 N–H and O–H groups in total. The Morgan fingerprint density at radius 1 is 1.64 bits per heavy atom. The molecule has 0 spiro atoms. The summed E-state index contributed by atoms with van der Waals surface area (Å²) < 4.78 is 29.0. The van der Waals surface area contributed by atoms with Crippen molar-refractivity contribution >= 4 is 0 Å².